The van der Waals surface area contributed by atoms with Crippen LogP contribution in [0.25, 0.3) is 0 Å². The molecule has 0 unspecified atom stereocenters. The maximum atomic E-state index is 11.0. The summed E-state index contributed by atoms with van der Waals surface area (Å²) in [5.74, 6) is -0.843. The fourth-order valence-electron chi connectivity index (χ4n) is 1.34. The number of carboxylic acid groups (broad SMARTS) is 1. The van der Waals surface area contributed by atoms with Gasteiger partial charge in [0.05, 0.1) is 0 Å². The molecule has 0 saturated carbocycles. The van der Waals surface area contributed by atoms with Gasteiger partial charge in [0.15, 0.2) is 0 Å². The van der Waals surface area contributed by atoms with E-state index in [1.807, 2.05) is 24.3 Å². The van der Waals surface area contributed by atoms with E-state index < -0.39 is 11.5 Å². The van der Waals surface area contributed by atoms with Crippen LogP contribution in [-0.2, 0) is 10.3 Å². The van der Waals surface area contributed by atoms with E-state index in [1.165, 1.54) is 11.9 Å². The van der Waals surface area contributed by atoms with Gasteiger partial charge in [0.25, 0.3) is 0 Å². The van der Waals surface area contributed by atoms with Gasteiger partial charge in [-0.25, -0.2) is 9.52 Å². The van der Waals surface area contributed by atoms with E-state index in [1.54, 1.807) is 6.92 Å². The lowest BCUT2D eigenvalue weighted by atomic mass is 9.94. The molecule has 2 N–H and O–H groups in total. The van der Waals surface area contributed by atoms with Crippen molar-refractivity contribution >= 4 is 17.9 Å². The summed E-state index contributed by atoms with van der Waals surface area (Å²) in [5, 5.41) is 9.04. The third kappa shape index (κ3) is 1.14. The third-order valence-corrected chi connectivity index (χ3v) is 3.30. The van der Waals surface area contributed by atoms with Crippen molar-refractivity contribution in [1.29, 1.82) is 0 Å². The van der Waals surface area contributed by atoms with Crippen LogP contribution in [-0.4, -0.2) is 11.1 Å². The SMILES string of the molecule is C[C@@]1(C(=O)O)NSc2ccccc21. The highest BCUT2D eigenvalue weighted by Crippen LogP contribution is 2.38. The molecule has 0 amide bonds. The van der Waals surface area contributed by atoms with Crippen LogP contribution in [0.3, 0.4) is 0 Å². The minimum absolute atomic E-state index is 0.840. The van der Waals surface area contributed by atoms with Crippen molar-refractivity contribution in [3.8, 4) is 0 Å². The van der Waals surface area contributed by atoms with E-state index in [4.69, 9.17) is 5.11 Å². The summed E-state index contributed by atoms with van der Waals surface area (Å²) in [7, 11) is 0. The number of benzene rings is 1. The summed E-state index contributed by atoms with van der Waals surface area (Å²) < 4.78 is 2.92. The predicted octanol–water partition coefficient (Wildman–Crippen LogP) is 1.60. The summed E-state index contributed by atoms with van der Waals surface area (Å²) in [6, 6.07) is 7.52. The summed E-state index contributed by atoms with van der Waals surface area (Å²) in [6.45, 7) is 1.67. The molecule has 13 heavy (non-hydrogen) atoms. The minimum atomic E-state index is -0.943. The van der Waals surface area contributed by atoms with Crippen molar-refractivity contribution in [1.82, 2.24) is 4.72 Å². The van der Waals surface area contributed by atoms with Crippen molar-refractivity contribution in [2.24, 2.45) is 0 Å². The zero-order valence-corrected chi connectivity index (χ0v) is 7.89. The first-order valence-electron chi connectivity index (χ1n) is 3.91. The first-order chi connectivity index (χ1) is 6.14. The second kappa shape index (κ2) is 2.75. The molecule has 0 aromatic heterocycles. The van der Waals surface area contributed by atoms with Gasteiger partial charge in [-0.05, 0) is 30.5 Å². The highest BCUT2D eigenvalue weighted by atomic mass is 32.2. The zero-order chi connectivity index (χ0) is 9.47. The van der Waals surface area contributed by atoms with Crippen LogP contribution < -0.4 is 4.72 Å². The average molecular weight is 195 g/mol. The molecule has 1 aromatic carbocycles. The standard InChI is InChI=1S/C9H9NO2S/c1-9(8(11)12)6-4-2-3-5-7(6)13-10-9/h2-5,10H,1H3,(H,11,12)/t9-/m1/s1. The number of fused-ring (bicyclic) bond motifs is 1. The number of rotatable bonds is 1. The summed E-state index contributed by atoms with van der Waals surface area (Å²) >= 11 is 1.37. The smallest absolute Gasteiger partial charge is 0.329 e. The van der Waals surface area contributed by atoms with Gasteiger partial charge in [-0.1, -0.05) is 18.2 Å². The van der Waals surface area contributed by atoms with Gasteiger partial charge in [0.2, 0.25) is 0 Å². The normalized spacial score (nSPS) is 25.6. The van der Waals surface area contributed by atoms with Gasteiger partial charge < -0.3 is 5.11 Å². The molecule has 1 heterocycles. The molecular weight excluding hydrogens is 186 g/mol. The van der Waals surface area contributed by atoms with Crippen molar-refractivity contribution < 1.29 is 9.90 Å². The van der Waals surface area contributed by atoms with Gasteiger partial charge in [0.1, 0.15) is 5.54 Å². The highest BCUT2D eigenvalue weighted by Gasteiger charge is 2.41. The Balaban J connectivity index is 2.55. The van der Waals surface area contributed by atoms with Crippen LogP contribution in [0.15, 0.2) is 29.2 Å². The Hall–Kier alpha value is -1.00. The first kappa shape index (κ1) is 8.59. The number of carbonyl (C=O) groups is 1. The van der Waals surface area contributed by atoms with Crippen molar-refractivity contribution in [3.63, 3.8) is 0 Å². The largest absolute Gasteiger partial charge is 0.480 e. The molecule has 1 atom stereocenters. The van der Waals surface area contributed by atoms with Gasteiger partial charge in [-0.15, -0.1) is 0 Å². The molecule has 0 fully saturated rings. The Kier molecular flexibility index (Phi) is 1.82. The Bertz CT molecular complexity index is 366. The Morgan fingerprint density at radius 2 is 2.23 bits per heavy atom. The molecule has 1 aromatic rings. The molecule has 3 nitrogen and oxygen atoms in total. The number of aliphatic carboxylic acids is 1. The summed E-state index contributed by atoms with van der Waals surface area (Å²) in [5.41, 5.74) is -0.103. The third-order valence-electron chi connectivity index (χ3n) is 2.22. The quantitative estimate of drug-likeness (QED) is 0.668. The number of hydrogen-bond acceptors (Lipinski definition) is 3. The molecule has 0 aliphatic carbocycles. The van der Waals surface area contributed by atoms with Crippen molar-refractivity contribution in [3.05, 3.63) is 29.8 Å². The second-order valence-corrected chi connectivity index (χ2v) is 3.98. The average Bonchev–Trinajstić information content (AvgIpc) is 2.47. The van der Waals surface area contributed by atoms with Gasteiger partial charge in [-0.2, -0.15) is 0 Å². The van der Waals surface area contributed by atoms with Crippen LogP contribution in [0, 0.1) is 0 Å². The summed E-state index contributed by atoms with van der Waals surface area (Å²) in [6.07, 6.45) is 0. The van der Waals surface area contributed by atoms with E-state index in [-0.39, 0.29) is 0 Å². The molecule has 0 bridgehead atoms. The lowest BCUT2D eigenvalue weighted by Crippen LogP contribution is -2.39. The Morgan fingerprint density at radius 1 is 1.54 bits per heavy atom. The maximum absolute atomic E-state index is 11.0. The number of nitrogens with one attached hydrogen (secondary N) is 1. The van der Waals surface area contributed by atoms with E-state index >= 15 is 0 Å². The van der Waals surface area contributed by atoms with Gasteiger partial charge in [-0.3, -0.25) is 0 Å². The Labute approximate surface area is 80.3 Å². The highest BCUT2D eigenvalue weighted by molar-refractivity contribution is 7.97. The molecular formula is C9H9NO2S. The van der Waals surface area contributed by atoms with Crippen LogP contribution in [0.5, 0.6) is 0 Å². The van der Waals surface area contributed by atoms with Gasteiger partial charge >= 0.3 is 5.97 Å². The first-order valence-corrected chi connectivity index (χ1v) is 4.73. The van der Waals surface area contributed by atoms with E-state index in [2.05, 4.69) is 4.72 Å². The van der Waals surface area contributed by atoms with Crippen molar-refractivity contribution in [2.75, 3.05) is 0 Å². The molecule has 1 aliphatic rings. The lowest BCUT2D eigenvalue weighted by molar-refractivity contribution is -0.143. The topological polar surface area (TPSA) is 49.3 Å². The predicted molar refractivity (Wildman–Crippen MR) is 50.4 cm³/mol. The Morgan fingerprint density at radius 3 is 2.92 bits per heavy atom. The van der Waals surface area contributed by atoms with Gasteiger partial charge in [0, 0.05) is 4.90 Å². The molecule has 0 spiro atoms. The minimum Gasteiger partial charge on any atom is -0.480 e. The fourth-order valence-corrected chi connectivity index (χ4v) is 2.38. The molecule has 68 valence electrons. The second-order valence-electron chi connectivity index (χ2n) is 3.13. The molecule has 0 saturated heterocycles. The molecule has 2 rings (SSSR count). The fraction of sp³-hybridized carbons (Fsp3) is 0.222. The number of hydrogen-bond donors (Lipinski definition) is 2. The van der Waals surface area contributed by atoms with Crippen LogP contribution >= 0.6 is 11.9 Å². The monoisotopic (exact) mass is 195 g/mol. The molecule has 1 aliphatic heterocycles. The molecule has 0 radical (unpaired) electrons. The molecule has 4 heteroatoms. The van der Waals surface area contributed by atoms with Crippen LogP contribution in [0.2, 0.25) is 0 Å². The lowest BCUT2D eigenvalue weighted by Gasteiger charge is -2.18. The van der Waals surface area contributed by atoms with Crippen LogP contribution in [0.1, 0.15) is 12.5 Å². The van der Waals surface area contributed by atoms with Crippen LogP contribution in [0.4, 0.5) is 0 Å². The zero-order valence-electron chi connectivity index (χ0n) is 7.07. The summed E-state index contributed by atoms with van der Waals surface area (Å²) in [4.78, 5) is 12.0. The van der Waals surface area contributed by atoms with E-state index in [9.17, 15) is 4.79 Å². The number of carboxylic acids is 1. The van der Waals surface area contributed by atoms with E-state index in [0.29, 0.717) is 0 Å². The maximum Gasteiger partial charge on any atom is 0.329 e. The van der Waals surface area contributed by atoms with Crippen molar-refractivity contribution in [2.45, 2.75) is 17.4 Å². The van der Waals surface area contributed by atoms with E-state index in [0.717, 1.165) is 10.5 Å².